The maximum atomic E-state index is 13.6. The second-order valence-electron chi connectivity index (χ2n) is 5.44. The molecule has 1 saturated heterocycles. The van der Waals surface area contributed by atoms with Crippen LogP contribution in [0.1, 0.15) is 28.8 Å². The first kappa shape index (κ1) is 13.8. The predicted octanol–water partition coefficient (Wildman–Crippen LogP) is 3.85. The van der Waals surface area contributed by atoms with Gasteiger partial charge in [0.1, 0.15) is 5.82 Å². The highest BCUT2D eigenvalue weighted by Crippen LogP contribution is 2.26. The van der Waals surface area contributed by atoms with E-state index in [4.69, 9.17) is 0 Å². The molecule has 0 aromatic heterocycles. The molecule has 1 fully saturated rings. The number of carbonyl (C=O) groups is 1. The van der Waals surface area contributed by atoms with E-state index in [2.05, 4.69) is 4.90 Å². The Bertz CT molecular complexity index is 633. The summed E-state index contributed by atoms with van der Waals surface area (Å²) in [6.45, 7) is 1.88. The summed E-state index contributed by atoms with van der Waals surface area (Å²) in [4.78, 5) is 14.7. The molecule has 1 heterocycles. The minimum Gasteiger partial charge on any atom is -0.371 e. The largest absolute Gasteiger partial charge is 0.371 e. The van der Waals surface area contributed by atoms with Gasteiger partial charge in [0.25, 0.3) is 0 Å². The molecular weight excluding hydrogens is 265 g/mol. The molecule has 2 aromatic carbocycles. The van der Waals surface area contributed by atoms with E-state index in [0.29, 0.717) is 12.0 Å². The van der Waals surface area contributed by atoms with E-state index in [1.54, 1.807) is 6.07 Å². The minimum atomic E-state index is -0.352. The third-order valence-electron chi connectivity index (χ3n) is 3.91. The summed E-state index contributed by atoms with van der Waals surface area (Å²) in [5.41, 5.74) is 2.33. The van der Waals surface area contributed by atoms with Crippen LogP contribution in [0, 0.1) is 5.82 Å². The first-order chi connectivity index (χ1) is 10.2. The van der Waals surface area contributed by atoms with Gasteiger partial charge in [-0.3, -0.25) is 4.79 Å². The lowest BCUT2D eigenvalue weighted by molar-refractivity contribution is 0.0993. The Morgan fingerprint density at radius 1 is 1.05 bits per heavy atom. The van der Waals surface area contributed by atoms with Crippen LogP contribution < -0.4 is 4.90 Å². The topological polar surface area (TPSA) is 20.3 Å². The maximum absolute atomic E-state index is 13.6. The van der Waals surface area contributed by atoms with Crippen LogP contribution in [0.2, 0.25) is 0 Å². The number of anilines is 1. The van der Waals surface area contributed by atoms with Crippen molar-refractivity contribution in [2.45, 2.75) is 19.3 Å². The Morgan fingerprint density at radius 2 is 1.76 bits per heavy atom. The van der Waals surface area contributed by atoms with Crippen molar-refractivity contribution in [1.29, 1.82) is 0 Å². The lowest BCUT2D eigenvalue weighted by Crippen LogP contribution is -2.21. The SMILES string of the molecule is O=C(Cc1ccccc1)c1cc(F)ccc1N1CCCC1. The number of benzene rings is 2. The summed E-state index contributed by atoms with van der Waals surface area (Å²) in [7, 11) is 0. The zero-order valence-corrected chi connectivity index (χ0v) is 11.9. The molecule has 0 atom stereocenters. The zero-order valence-electron chi connectivity index (χ0n) is 11.9. The highest BCUT2D eigenvalue weighted by Gasteiger charge is 2.20. The molecule has 0 spiro atoms. The summed E-state index contributed by atoms with van der Waals surface area (Å²) in [6.07, 6.45) is 2.57. The van der Waals surface area contributed by atoms with Crippen LogP contribution in [-0.4, -0.2) is 18.9 Å². The van der Waals surface area contributed by atoms with Gasteiger partial charge < -0.3 is 4.90 Å². The van der Waals surface area contributed by atoms with Crippen molar-refractivity contribution in [3.8, 4) is 0 Å². The summed E-state index contributed by atoms with van der Waals surface area (Å²) in [5.74, 6) is -0.378. The minimum absolute atomic E-state index is 0.0254. The molecule has 0 amide bonds. The second kappa shape index (κ2) is 6.08. The molecule has 1 aliphatic rings. The fourth-order valence-electron chi connectivity index (χ4n) is 2.84. The summed E-state index contributed by atoms with van der Waals surface area (Å²) in [6, 6.07) is 14.1. The molecule has 0 radical (unpaired) electrons. The predicted molar refractivity (Wildman–Crippen MR) is 82.3 cm³/mol. The number of Topliss-reactive ketones (excluding diaryl/α,β-unsaturated/α-hetero) is 1. The van der Waals surface area contributed by atoms with Gasteiger partial charge in [0.2, 0.25) is 0 Å². The van der Waals surface area contributed by atoms with Gasteiger partial charge in [-0.1, -0.05) is 30.3 Å². The lowest BCUT2D eigenvalue weighted by Gasteiger charge is -2.21. The van der Waals surface area contributed by atoms with Crippen LogP contribution in [0.25, 0.3) is 0 Å². The van der Waals surface area contributed by atoms with Gasteiger partial charge in [-0.05, 0) is 36.6 Å². The van der Waals surface area contributed by atoms with Crippen molar-refractivity contribution in [2.24, 2.45) is 0 Å². The number of hydrogen-bond acceptors (Lipinski definition) is 2. The normalized spacial score (nSPS) is 14.4. The van der Waals surface area contributed by atoms with E-state index in [9.17, 15) is 9.18 Å². The number of carbonyl (C=O) groups excluding carboxylic acids is 1. The number of nitrogens with zero attached hydrogens (tertiary/aromatic N) is 1. The van der Waals surface area contributed by atoms with E-state index < -0.39 is 0 Å². The molecule has 2 nitrogen and oxygen atoms in total. The first-order valence-electron chi connectivity index (χ1n) is 7.35. The average molecular weight is 283 g/mol. The Kier molecular flexibility index (Phi) is 4.00. The highest BCUT2D eigenvalue weighted by molar-refractivity contribution is 6.02. The molecule has 3 rings (SSSR count). The molecule has 0 bridgehead atoms. The van der Waals surface area contributed by atoms with Crippen molar-refractivity contribution in [3.63, 3.8) is 0 Å². The molecule has 0 unspecified atom stereocenters. The van der Waals surface area contributed by atoms with Crippen molar-refractivity contribution in [3.05, 3.63) is 65.5 Å². The van der Waals surface area contributed by atoms with Crippen molar-refractivity contribution in [2.75, 3.05) is 18.0 Å². The van der Waals surface area contributed by atoms with E-state index >= 15 is 0 Å². The van der Waals surface area contributed by atoms with Crippen LogP contribution in [-0.2, 0) is 6.42 Å². The quantitative estimate of drug-likeness (QED) is 0.794. The van der Waals surface area contributed by atoms with Crippen LogP contribution >= 0.6 is 0 Å². The van der Waals surface area contributed by atoms with Crippen LogP contribution in [0.3, 0.4) is 0 Å². The molecular formula is C18H18FNO. The Morgan fingerprint density at radius 3 is 2.48 bits per heavy atom. The Hall–Kier alpha value is -2.16. The lowest BCUT2D eigenvalue weighted by atomic mass is 10.0. The molecule has 0 aliphatic carbocycles. The van der Waals surface area contributed by atoms with Gasteiger partial charge in [0.15, 0.2) is 5.78 Å². The van der Waals surface area contributed by atoms with Gasteiger partial charge >= 0.3 is 0 Å². The first-order valence-corrected chi connectivity index (χ1v) is 7.35. The fourth-order valence-corrected chi connectivity index (χ4v) is 2.84. The number of halogens is 1. The molecule has 0 saturated carbocycles. The molecule has 2 aromatic rings. The van der Waals surface area contributed by atoms with E-state index in [-0.39, 0.29) is 11.6 Å². The number of rotatable bonds is 4. The van der Waals surface area contributed by atoms with Gasteiger partial charge in [0, 0.05) is 30.8 Å². The highest BCUT2D eigenvalue weighted by atomic mass is 19.1. The van der Waals surface area contributed by atoms with E-state index in [0.717, 1.165) is 37.2 Å². The monoisotopic (exact) mass is 283 g/mol. The van der Waals surface area contributed by atoms with Gasteiger partial charge in [-0.15, -0.1) is 0 Å². The van der Waals surface area contributed by atoms with Crippen molar-refractivity contribution in [1.82, 2.24) is 0 Å². The standard InChI is InChI=1S/C18H18FNO/c19-15-8-9-17(20-10-4-5-11-20)16(13-15)18(21)12-14-6-2-1-3-7-14/h1-3,6-9,13H,4-5,10-12H2. The summed E-state index contributed by atoms with van der Waals surface area (Å²) >= 11 is 0. The summed E-state index contributed by atoms with van der Waals surface area (Å²) in [5, 5.41) is 0. The smallest absolute Gasteiger partial charge is 0.169 e. The second-order valence-corrected chi connectivity index (χ2v) is 5.44. The van der Waals surface area contributed by atoms with Gasteiger partial charge in [-0.25, -0.2) is 4.39 Å². The Balaban J connectivity index is 1.89. The molecule has 3 heteroatoms. The molecule has 1 aliphatic heterocycles. The average Bonchev–Trinajstić information content (AvgIpc) is 3.02. The van der Waals surface area contributed by atoms with Crippen molar-refractivity contribution >= 4 is 11.5 Å². The zero-order chi connectivity index (χ0) is 14.7. The number of hydrogen-bond donors (Lipinski definition) is 0. The van der Waals surface area contributed by atoms with E-state index in [1.807, 2.05) is 30.3 Å². The van der Waals surface area contributed by atoms with Crippen molar-refractivity contribution < 1.29 is 9.18 Å². The van der Waals surface area contributed by atoms with Gasteiger partial charge in [0.05, 0.1) is 0 Å². The summed E-state index contributed by atoms with van der Waals surface area (Å²) < 4.78 is 13.6. The molecule has 108 valence electrons. The molecule has 21 heavy (non-hydrogen) atoms. The van der Waals surface area contributed by atoms with Crippen LogP contribution in [0.5, 0.6) is 0 Å². The van der Waals surface area contributed by atoms with E-state index in [1.165, 1.54) is 12.1 Å². The van der Waals surface area contributed by atoms with Crippen LogP contribution in [0.15, 0.2) is 48.5 Å². The number of ketones is 1. The third kappa shape index (κ3) is 3.13. The fraction of sp³-hybridized carbons (Fsp3) is 0.278. The van der Waals surface area contributed by atoms with Crippen LogP contribution in [0.4, 0.5) is 10.1 Å². The Labute approximate surface area is 124 Å². The maximum Gasteiger partial charge on any atom is 0.169 e. The van der Waals surface area contributed by atoms with Gasteiger partial charge in [-0.2, -0.15) is 0 Å². The molecule has 0 N–H and O–H groups in total. The third-order valence-corrected chi connectivity index (χ3v) is 3.91.